The van der Waals surface area contributed by atoms with Crippen LogP contribution in [0, 0.1) is 0 Å². The highest BCUT2D eigenvalue weighted by molar-refractivity contribution is 5.97. The van der Waals surface area contributed by atoms with Crippen molar-refractivity contribution in [2.75, 3.05) is 0 Å². The number of carbonyl (C=O) groups excluding carboxylic acids is 1. The molecule has 0 spiro atoms. The molecule has 1 amide bonds. The van der Waals surface area contributed by atoms with Gasteiger partial charge in [-0.25, -0.2) is 4.79 Å². The number of aromatic nitrogens is 1. The minimum absolute atomic E-state index is 0.122. The normalized spacial score (nSPS) is 12.6. The summed E-state index contributed by atoms with van der Waals surface area (Å²) < 4.78 is 4.90. The lowest BCUT2D eigenvalue weighted by Crippen LogP contribution is -2.31. The van der Waals surface area contributed by atoms with Gasteiger partial charge in [-0.05, 0) is 31.5 Å². The van der Waals surface area contributed by atoms with Crippen molar-refractivity contribution in [3.05, 3.63) is 34.3 Å². The molecule has 0 fully saturated rings. The van der Waals surface area contributed by atoms with E-state index in [1.54, 1.807) is 18.2 Å². The molecular weight excluding hydrogens is 220 g/mol. The third kappa shape index (κ3) is 2.38. The van der Waals surface area contributed by atoms with Gasteiger partial charge in [0.2, 0.25) is 0 Å². The molecule has 0 aliphatic heterocycles. The number of hydrogen-bond donors (Lipinski definition) is 2. The third-order valence-corrected chi connectivity index (χ3v) is 2.67. The Hall–Kier alpha value is -2.04. The lowest BCUT2D eigenvalue weighted by atomic mass is 10.1. The summed E-state index contributed by atoms with van der Waals surface area (Å²) >= 11 is 0. The van der Waals surface area contributed by atoms with Gasteiger partial charge in [0.25, 0.3) is 5.91 Å². The van der Waals surface area contributed by atoms with E-state index in [-0.39, 0.29) is 11.9 Å². The minimum atomic E-state index is -0.514. The van der Waals surface area contributed by atoms with Gasteiger partial charge in [-0.15, -0.1) is 0 Å². The molecule has 1 aromatic carbocycles. The number of hydrogen-bond acceptors (Lipinski definition) is 3. The molecule has 2 rings (SSSR count). The zero-order chi connectivity index (χ0) is 12.4. The molecule has 0 aliphatic carbocycles. The molecule has 0 saturated heterocycles. The fraction of sp³-hybridized carbons (Fsp3) is 0.333. The Kier molecular flexibility index (Phi) is 2.99. The van der Waals surface area contributed by atoms with Crippen LogP contribution in [0.15, 0.2) is 27.4 Å². The highest BCUT2D eigenvalue weighted by Crippen LogP contribution is 2.12. The molecule has 0 aliphatic rings. The van der Waals surface area contributed by atoms with Crippen LogP contribution >= 0.6 is 0 Å². The molecule has 90 valence electrons. The Morgan fingerprint density at radius 1 is 1.53 bits per heavy atom. The number of carbonyl (C=O) groups is 1. The first kappa shape index (κ1) is 11.4. The summed E-state index contributed by atoms with van der Waals surface area (Å²) in [7, 11) is 0. The predicted molar refractivity (Wildman–Crippen MR) is 64.1 cm³/mol. The van der Waals surface area contributed by atoms with E-state index in [2.05, 4.69) is 10.3 Å². The Morgan fingerprint density at radius 3 is 3.00 bits per heavy atom. The van der Waals surface area contributed by atoms with E-state index in [0.29, 0.717) is 16.7 Å². The van der Waals surface area contributed by atoms with E-state index < -0.39 is 5.76 Å². The molecule has 1 heterocycles. The van der Waals surface area contributed by atoms with Crippen LogP contribution < -0.4 is 11.1 Å². The van der Waals surface area contributed by atoms with Crippen LogP contribution in [0.1, 0.15) is 30.6 Å². The lowest BCUT2D eigenvalue weighted by molar-refractivity contribution is 0.0939. The molecule has 17 heavy (non-hydrogen) atoms. The standard InChI is InChI=1S/C12H14N2O3/c1-3-7(2)13-11(15)8-4-5-9-10(6-8)17-12(16)14-9/h4-7H,3H2,1-2H3,(H,13,15)(H,14,16). The average Bonchev–Trinajstić information content (AvgIpc) is 2.67. The van der Waals surface area contributed by atoms with Crippen LogP contribution in [0.4, 0.5) is 0 Å². The van der Waals surface area contributed by atoms with Crippen molar-refractivity contribution in [3.8, 4) is 0 Å². The van der Waals surface area contributed by atoms with Crippen molar-refractivity contribution >= 4 is 17.0 Å². The van der Waals surface area contributed by atoms with Crippen molar-refractivity contribution in [2.24, 2.45) is 0 Å². The second-order valence-electron chi connectivity index (χ2n) is 4.01. The quantitative estimate of drug-likeness (QED) is 0.847. The second-order valence-corrected chi connectivity index (χ2v) is 4.01. The fourth-order valence-electron chi connectivity index (χ4n) is 1.50. The van der Waals surface area contributed by atoms with Crippen molar-refractivity contribution in [3.63, 3.8) is 0 Å². The predicted octanol–water partition coefficient (Wildman–Crippen LogP) is 1.65. The van der Waals surface area contributed by atoms with Crippen LogP contribution in [0.2, 0.25) is 0 Å². The van der Waals surface area contributed by atoms with Crippen LogP contribution in [-0.4, -0.2) is 16.9 Å². The van der Waals surface area contributed by atoms with Crippen LogP contribution in [0.3, 0.4) is 0 Å². The zero-order valence-corrected chi connectivity index (χ0v) is 9.74. The van der Waals surface area contributed by atoms with Gasteiger partial charge < -0.3 is 9.73 Å². The summed E-state index contributed by atoms with van der Waals surface area (Å²) in [5, 5.41) is 2.85. The van der Waals surface area contributed by atoms with Crippen molar-refractivity contribution in [2.45, 2.75) is 26.3 Å². The summed E-state index contributed by atoms with van der Waals surface area (Å²) in [4.78, 5) is 25.3. The maximum Gasteiger partial charge on any atom is 0.417 e. The average molecular weight is 234 g/mol. The van der Waals surface area contributed by atoms with Crippen molar-refractivity contribution in [1.29, 1.82) is 0 Å². The van der Waals surface area contributed by atoms with E-state index in [9.17, 15) is 9.59 Å². The molecule has 1 atom stereocenters. The van der Waals surface area contributed by atoms with E-state index >= 15 is 0 Å². The Labute approximate surface area is 97.8 Å². The minimum Gasteiger partial charge on any atom is -0.408 e. The number of rotatable bonds is 3. The Morgan fingerprint density at radius 2 is 2.29 bits per heavy atom. The maximum atomic E-state index is 11.8. The summed E-state index contributed by atoms with van der Waals surface area (Å²) in [5.41, 5.74) is 1.47. The van der Waals surface area contributed by atoms with E-state index in [1.165, 1.54) is 0 Å². The van der Waals surface area contributed by atoms with E-state index in [0.717, 1.165) is 6.42 Å². The Bertz CT molecular complexity index is 597. The van der Waals surface area contributed by atoms with Gasteiger partial charge >= 0.3 is 5.76 Å². The molecule has 1 unspecified atom stereocenters. The topological polar surface area (TPSA) is 75.1 Å². The molecule has 1 aromatic heterocycles. The monoisotopic (exact) mass is 234 g/mol. The van der Waals surface area contributed by atoms with Gasteiger partial charge in [0.1, 0.15) is 0 Å². The van der Waals surface area contributed by atoms with Gasteiger partial charge in [0.05, 0.1) is 5.52 Å². The molecule has 5 nitrogen and oxygen atoms in total. The number of fused-ring (bicyclic) bond motifs is 1. The molecule has 5 heteroatoms. The molecule has 0 radical (unpaired) electrons. The van der Waals surface area contributed by atoms with E-state index in [1.807, 2.05) is 13.8 Å². The zero-order valence-electron chi connectivity index (χ0n) is 9.74. The highest BCUT2D eigenvalue weighted by Gasteiger charge is 2.10. The fourth-order valence-corrected chi connectivity index (χ4v) is 1.50. The van der Waals surface area contributed by atoms with Gasteiger partial charge in [-0.3, -0.25) is 9.78 Å². The first-order valence-corrected chi connectivity index (χ1v) is 5.54. The molecular formula is C12H14N2O3. The number of amides is 1. The van der Waals surface area contributed by atoms with Crippen LogP contribution in [0.5, 0.6) is 0 Å². The SMILES string of the molecule is CCC(C)NC(=O)c1ccc2[nH]c(=O)oc2c1. The molecule has 2 aromatic rings. The first-order chi connectivity index (χ1) is 8.10. The highest BCUT2D eigenvalue weighted by atomic mass is 16.4. The lowest BCUT2D eigenvalue weighted by Gasteiger charge is -2.10. The summed E-state index contributed by atoms with van der Waals surface area (Å²) in [6.45, 7) is 3.94. The van der Waals surface area contributed by atoms with Gasteiger partial charge in [-0.1, -0.05) is 6.92 Å². The molecule has 0 bridgehead atoms. The van der Waals surface area contributed by atoms with Crippen molar-refractivity contribution in [1.82, 2.24) is 10.3 Å². The Balaban J connectivity index is 2.29. The molecule has 0 saturated carbocycles. The summed E-state index contributed by atoms with van der Waals surface area (Å²) in [6, 6.07) is 5.00. The number of benzene rings is 1. The smallest absolute Gasteiger partial charge is 0.408 e. The van der Waals surface area contributed by atoms with Gasteiger partial charge in [0.15, 0.2) is 5.58 Å². The second kappa shape index (κ2) is 4.45. The summed E-state index contributed by atoms with van der Waals surface area (Å²) in [5.74, 6) is -0.676. The number of H-pyrrole nitrogens is 1. The van der Waals surface area contributed by atoms with Gasteiger partial charge in [0, 0.05) is 11.6 Å². The largest absolute Gasteiger partial charge is 0.417 e. The molecule has 2 N–H and O–H groups in total. The maximum absolute atomic E-state index is 11.8. The number of oxazole rings is 1. The van der Waals surface area contributed by atoms with Crippen molar-refractivity contribution < 1.29 is 9.21 Å². The third-order valence-electron chi connectivity index (χ3n) is 2.67. The van der Waals surface area contributed by atoms with Gasteiger partial charge in [-0.2, -0.15) is 0 Å². The van der Waals surface area contributed by atoms with E-state index in [4.69, 9.17) is 4.42 Å². The first-order valence-electron chi connectivity index (χ1n) is 5.54. The number of aromatic amines is 1. The summed E-state index contributed by atoms with van der Waals surface area (Å²) in [6.07, 6.45) is 0.868. The van der Waals surface area contributed by atoms with Crippen LogP contribution in [0.25, 0.3) is 11.1 Å². The van der Waals surface area contributed by atoms with Crippen LogP contribution in [-0.2, 0) is 0 Å². The number of nitrogens with one attached hydrogen (secondary N) is 2.